The average Bonchev–Trinajstić information content (AvgIpc) is 2.28. The molecule has 0 saturated carbocycles. The van der Waals surface area contributed by atoms with Crippen molar-refractivity contribution in [2.45, 2.75) is 83.9 Å². The zero-order chi connectivity index (χ0) is 14.6. The van der Waals surface area contributed by atoms with Crippen molar-refractivity contribution >= 4 is 5.97 Å². The third kappa shape index (κ3) is 13.5. The lowest BCUT2D eigenvalue weighted by molar-refractivity contribution is -0.137. The van der Waals surface area contributed by atoms with Gasteiger partial charge in [0.05, 0.1) is 0 Å². The Balaban J connectivity index is 3.05. The topological polar surface area (TPSA) is 37.3 Å². The summed E-state index contributed by atoms with van der Waals surface area (Å²) in [6.45, 7) is -1.75. The van der Waals surface area contributed by atoms with E-state index in [2.05, 4.69) is 0 Å². The SMILES string of the molecule is [2H]C([2H])([2H])CCCCCCCCCCCCC(=O)O. The standard InChI is InChI=1S/C14H28O2/c1-2-3-4-5-6-7-8-9-10-11-12-13-14(15)16/h2-13H2,1H3,(H,15,16)/i1D3. The average molecular weight is 231 g/mol. The fraction of sp³-hybridized carbons (Fsp3) is 0.929. The second kappa shape index (κ2) is 12.5. The van der Waals surface area contributed by atoms with Crippen molar-refractivity contribution < 1.29 is 14.0 Å². The maximum absolute atomic E-state index is 10.3. The molecule has 2 heteroatoms. The van der Waals surface area contributed by atoms with Crippen molar-refractivity contribution in [3.05, 3.63) is 0 Å². The van der Waals surface area contributed by atoms with Gasteiger partial charge in [0.25, 0.3) is 0 Å². The molecule has 0 aliphatic rings. The van der Waals surface area contributed by atoms with Crippen LogP contribution in [0.5, 0.6) is 0 Å². The Kier molecular flexibility index (Phi) is 8.32. The highest BCUT2D eigenvalue weighted by atomic mass is 16.4. The fourth-order valence-electron chi connectivity index (χ4n) is 1.82. The second-order valence-electron chi connectivity index (χ2n) is 4.43. The van der Waals surface area contributed by atoms with E-state index in [-0.39, 0.29) is 0 Å². The molecule has 0 heterocycles. The molecule has 96 valence electrons. The highest BCUT2D eigenvalue weighted by Crippen LogP contribution is 2.11. The molecule has 1 N–H and O–H groups in total. The Hall–Kier alpha value is -0.530. The fourth-order valence-corrected chi connectivity index (χ4v) is 1.82. The number of aliphatic carboxylic acids is 1. The summed E-state index contributed by atoms with van der Waals surface area (Å²) in [5, 5.41) is 8.47. The van der Waals surface area contributed by atoms with E-state index in [1.807, 2.05) is 0 Å². The smallest absolute Gasteiger partial charge is 0.303 e. The van der Waals surface area contributed by atoms with E-state index in [0.717, 1.165) is 38.5 Å². The van der Waals surface area contributed by atoms with Crippen LogP contribution in [0.2, 0.25) is 0 Å². The van der Waals surface area contributed by atoms with Crippen LogP contribution in [-0.4, -0.2) is 11.1 Å². The number of hydrogen-bond acceptors (Lipinski definition) is 1. The van der Waals surface area contributed by atoms with Gasteiger partial charge in [-0.1, -0.05) is 71.1 Å². The molecule has 0 aliphatic carbocycles. The summed E-state index contributed by atoms with van der Waals surface area (Å²) in [5.41, 5.74) is 0. The number of carbonyl (C=O) groups is 1. The summed E-state index contributed by atoms with van der Waals surface area (Å²) in [6, 6.07) is 0. The number of carboxylic acids is 1. The molecule has 0 unspecified atom stereocenters. The van der Waals surface area contributed by atoms with Crippen LogP contribution < -0.4 is 0 Å². The summed E-state index contributed by atoms with van der Waals surface area (Å²) in [4.78, 5) is 10.3. The molecule has 2 nitrogen and oxygen atoms in total. The minimum absolute atomic E-state index is 0.295. The van der Waals surface area contributed by atoms with Crippen molar-refractivity contribution in [1.29, 1.82) is 0 Å². The zero-order valence-electron chi connectivity index (χ0n) is 13.3. The van der Waals surface area contributed by atoms with Gasteiger partial charge in [0.2, 0.25) is 0 Å². The van der Waals surface area contributed by atoms with Crippen molar-refractivity contribution in [1.82, 2.24) is 0 Å². The number of carboxylic acid groups (broad SMARTS) is 1. The van der Waals surface area contributed by atoms with Crippen LogP contribution in [0.1, 0.15) is 88.0 Å². The summed E-state index contributed by atoms with van der Waals surface area (Å²) in [7, 11) is 0. The molecule has 0 radical (unpaired) electrons. The molecule has 0 aromatic heterocycles. The zero-order valence-corrected chi connectivity index (χ0v) is 10.3. The van der Waals surface area contributed by atoms with Gasteiger partial charge in [-0.05, 0) is 6.42 Å². The van der Waals surface area contributed by atoms with Gasteiger partial charge < -0.3 is 5.11 Å². The number of rotatable bonds is 12. The molecule has 16 heavy (non-hydrogen) atoms. The highest BCUT2D eigenvalue weighted by molar-refractivity contribution is 5.66. The second-order valence-corrected chi connectivity index (χ2v) is 4.43. The van der Waals surface area contributed by atoms with Crippen molar-refractivity contribution in [3.8, 4) is 0 Å². The van der Waals surface area contributed by atoms with Gasteiger partial charge >= 0.3 is 5.97 Å². The number of hydrogen-bond donors (Lipinski definition) is 1. The molecule has 0 saturated heterocycles. The van der Waals surface area contributed by atoms with Gasteiger partial charge in [-0.3, -0.25) is 4.79 Å². The third-order valence-corrected chi connectivity index (χ3v) is 2.82. The minimum Gasteiger partial charge on any atom is -0.481 e. The largest absolute Gasteiger partial charge is 0.481 e. The molecule has 0 aromatic carbocycles. The molecule has 0 amide bonds. The molecule has 0 atom stereocenters. The first-order chi connectivity index (χ1) is 8.92. The molecule has 0 aromatic rings. The maximum Gasteiger partial charge on any atom is 0.303 e. The lowest BCUT2D eigenvalue weighted by atomic mass is 10.1. The predicted molar refractivity (Wildman–Crippen MR) is 68.7 cm³/mol. The first-order valence-electron chi connectivity index (χ1n) is 8.13. The van der Waals surface area contributed by atoms with Crippen LogP contribution in [0.4, 0.5) is 0 Å². The van der Waals surface area contributed by atoms with Crippen LogP contribution in [0.15, 0.2) is 0 Å². The Morgan fingerprint density at radius 1 is 0.875 bits per heavy atom. The van der Waals surface area contributed by atoms with Crippen molar-refractivity contribution in [3.63, 3.8) is 0 Å². The quantitative estimate of drug-likeness (QED) is 0.491. The molecular weight excluding hydrogens is 200 g/mol. The molecule has 0 aliphatic heterocycles. The van der Waals surface area contributed by atoms with Gasteiger partial charge in [-0.2, -0.15) is 0 Å². The van der Waals surface area contributed by atoms with Crippen molar-refractivity contribution in [2.24, 2.45) is 0 Å². The van der Waals surface area contributed by atoms with E-state index < -0.39 is 12.8 Å². The Morgan fingerprint density at radius 3 is 1.75 bits per heavy atom. The molecular formula is C14H28O2. The Morgan fingerprint density at radius 2 is 1.31 bits per heavy atom. The van der Waals surface area contributed by atoms with Gasteiger partial charge in [0.15, 0.2) is 0 Å². The summed E-state index contributed by atoms with van der Waals surface area (Å²) in [6.07, 6.45) is 11.4. The Labute approximate surface area is 105 Å². The third-order valence-electron chi connectivity index (χ3n) is 2.82. The van der Waals surface area contributed by atoms with E-state index in [1.54, 1.807) is 0 Å². The van der Waals surface area contributed by atoms with Crippen LogP contribution in [0.3, 0.4) is 0 Å². The lowest BCUT2D eigenvalue weighted by Crippen LogP contribution is -1.93. The maximum atomic E-state index is 10.3. The molecule has 0 fully saturated rings. The van der Waals surface area contributed by atoms with Gasteiger partial charge in [-0.15, -0.1) is 0 Å². The lowest BCUT2D eigenvalue weighted by Gasteiger charge is -2.01. The van der Waals surface area contributed by atoms with Crippen LogP contribution >= 0.6 is 0 Å². The first kappa shape index (κ1) is 10.6. The monoisotopic (exact) mass is 231 g/mol. The van der Waals surface area contributed by atoms with Gasteiger partial charge in [0, 0.05) is 10.5 Å². The predicted octanol–water partition coefficient (Wildman–Crippen LogP) is 4.77. The summed E-state index contributed by atoms with van der Waals surface area (Å²) >= 11 is 0. The van der Waals surface area contributed by atoms with Gasteiger partial charge in [0.1, 0.15) is 0 Å². The van der Waals surface area contributed by atoms with E-state index >= 15 is 0 Å². The normalized spacial score (nSPS) is 14.1. The van der Waals surface area contributed by atoms with Gasteiger partial charge in [-0.25, -0.2) is 0 Å². The Bertz CT molecular complexity index is 227. The number of unbranched alkanes of at least 4 members (excludes halogenated alkanes) is 9. The summed E-state index contributed by atoms with van der Waals surface area (Å²) < 4.78 is 21.2. The van der Waals surface area contributed by atoms with E-state index in [9.17, 15) is 4.79 Å². The molecule has 0 spiro atoms. The highest BCUT2D eigenvalue weighted by Gasteiger charge is 1.96. The van der Waals surface area contributed by atoms with Crippen LogP contribution in [0.25, 0.3) is 0 Å². The molecule has 0 rings (SSSR count). The first-order valence-corrected chi connectivity index (χ1v) is 6.63. The van der Waals surface area contributed by atoms with Crippen molar-refractivity contribution in [2.75, 3.05) is 0 Å². The van der Waals surface area contributed by atoms with E-state index in [0.29, 0.717) is 12.8 Å². The van der Waals surface area contributed by atoms with E-state index in [4.69, 9.17) is 9.22 Å². The molecule has 0 bridgehead atoms. The van der Waals surface area contributed by atoms with E-state index in [1.165, 1.54) is 25.7 Å². The minimum atomic E-state index is -1.75. The van der Waals surface area contributed by atoms with Crippen LogP contribution in [0, 0.1) is 0 Å². The van der Waals surface area contributed by atoms with Crippen LogP contribution in [-0.2, 0) is 4.79 Å². The summed E-state index contributed by atoms with van der Waals surface area (Å²) in [5.74, 6) is -0.697.